The monoisotopic (exact) mass is 344 g/mol. The van der Waals surface area contributed by atoms with Crippen molar-refractivity contribution < 1.29 is 14.3 Å². The standard InChI is InChI=1S/C15H18Cl2N2O3/c1-2-22-14(20)10-5-7-19(8-6-10)15(21)18-13-9-11(16)3-4-12(13)17/h3-4,9-10H,2,5-8H2,1H3,(H,18,21). The minimum atomic E-state index is -0.244. The topological polar surface area (TPSA) is 58.6 Å². The number of urea groups is 1. The predicted molar refractivity (Wildman–Crippen MR) is 86.4 cm³/mol. The zero-order valence-corrected chi connectivity index (χ0v) is 13.8. The SMILES string of the molecule is CCOC(=O)C1CCN(C(=O)Nc2cc(Cl)ccc2Cl)CC1. The van der Waals surface area contributed by atoms with Crippen LogP contribution in [0.5, 0.6) is 0 Å². The molecule has 1 fully saturated rings. The first-order chi connectivity index (χ1) is 10.5. The number of nitrogens with one attached hydrogen (secondary N) is 1. The highest BCUT2D eigenvalue weighted by molar-refractivity contribution is 6.35. The van der Waals surface area contributed by atoms with E-state index in [9.17, 15) is 9.59 Å². The van der Waals surface area contributed by atoms with Gasteiger partial charge in [-0.25, -0.2) is 4.79 Å². The lowest BCUT2D eigenvalue weighted by Crippen LogP contribution is -2.42. The highest BCUT2D eigenvalue weighted by atomic mass is 35.5. The van der Waals surface area contributed by atoms with Gasteiger partial charge in [-0.1, -0.05) is 23.2 Å². The van der Waals surface area contributed by atoms with Gasteiger partial charge in [0.2, 0.25) is 0 Å². The minimum Gasteiger partial charge on any atom is -0.466 e. The van der Waals surface area contributed by atoms with Crippen molar-refractivity contribution in [3.8, 4) is 0 Å². The normalized spacial score (nSPS) is 15.5. The number of nitrogens with zero attached hydrogens (tertiary/aromatic N) is 1. The van der Waals surface area contributed by atoms with Crippen molar-refractivity contribution in [2.75, 3.05) is 25.0 Å². The lowest BCUT2D eigenvalue weighted by atomic mass is 9.97. The average molecular weight is 345 g/mol. The smallest absolute Gasteiger partial charge is 0.321 e. The first-order valence-electron chi connectivity index (χ1n) is 7.19. The fourth-order valence-corrected chi connectivity index (χ4v) is 2.70. The van der Waals surface area contributed by atoms with Crippen LogP contribution in [0.15, 0.2) is 18.2 Å². The summed E-state index contributed by atoms with van der Waals surface area (Å²) >= 11 is 11.9. The molecule has 0 aromatic heterocycles. The van der Waals surface area contributed by atoms with Crippen molar-refractivity contribution in [3.05, 3.63) is 28.2 Å². The molecule has 22 heavy (non-hydrogen) atoms. The maximum absolute atomic E-state index is 12.2. The van der Waals surface area contributed by atoms with Gasteiger partial charge in [0.1, 0.15) is 0 Å². The number of hydrogen-bond donors (Lipinski definition) is 1. The summed E-state index contributed by atoms with van der Waals surface area (Å²) in [6.45, 7) is 3.18. The second-order valence-corrected chi connectivity index (χ2v) is 5.91. The maximum Gasteiger partial charge on any atom is 0.321 e. The van der Waals surface area contributed by atoms with E-state index in [0.29, 0.717) is 48.3 Å². The van der Waals surface area contributed by atoms with E-state index < -0.39 is 0 Å². The summed E-state index contributed by atoms with van der Waals surface area (Å²) in [6.07, 6.45) is 1.21. The number of anilines is 1. The molecule has 1 heterocycles. The van der Waals surface area contributed by atoms with Gasteiger partial charge in [-0.05, 0) is 38.0 Å². The molecule has 0 unspecified atom stereocenters. The van der Waals surface area contributed by atoms with Crippen LogP contribution in [-0.4, -0.2) is 36.6 Å². The molecular formula is C15H18Cl2N2O3. The highest BCUT2D eigenvalue weighted by Crippen LogP contribution is 2.26. The van der Waals surface area contributed by atoms with Crippen LogP contribution < -0.4 is 5.32 Å². The molecule has 7 heteroatoms. The van der Waals surface area contributed by atoms with Crippen LogP contribution >= 0.6 is 23.2 Å². The Morgan fingerprint density at radius 2 is 2.00 bits per heavy atom. The molecule has 1 aromatic rings. The Labute approximate surface area is 139 Å². The summed E-state index contributed by atoms with van der Waals surface area (Å²) in [5.74, 6) is -0.306. The quantitative estimate of drug-likeness (QED) is 0.848. The summed E-state index contributed by atoms with van der Waals surface area (Å²) in [5, 5.41) is 3.67. The molecule has 0 bridgehead atoms. The van der Waals surface area contributed by atoms with E-state index in [2.05, 4.69) is 5.32 Å². The minimum absolute atomic E-state index is 0.126. The highest BCUT2D eigenvalue weighted by Gasteiger charge is 2.28. The first-order valence-corrected chi connectivity index (χ1v) is 7.94. The lowest BCUT2D eigenvalue weighted by molar-refractivity contribution is -0.149. The number of likely N-dealkylation sites (tertiary alicyclic amines) is 1. The van der Waals surface area contributed by atoms with E-state index in [1.807, 2.05) is 0 Å². The van der Waals surface area contributed by atoms with Crippen LogP contribution in [0.1, 0.15) is 19.8 Å². The van der Waals surface area contributed by atoms with E-state index in [1.54, 1.807) is 30.0 Å². The van der Waals surface area contributed by atoms with E-state index >= 15 is 0 Å². The molecular weight excluding hydrogens is 327 g/mol. The average Bonchev–Trinajstić information content (AvgIpc) is 2.51. The van der Waals surface area contributed by atoms with E-state index in [-0.39, 0.29) is 17.9 Å². The molecule has 0 atom stereocenters. The van der Waals surface area contributed by atoms with Crippen molar-refractivity contribution >= 4 is 40.9 Å². The van der Waals surface area contributed by atoms with Crippen LogP contribution in [0.4, 0.5) is 10.5 Å². The molecule has 2 amide bonds. The molecule has 1 N–H and O–H groups in total. The Morgan fingerprint density at radius 3 is 2.64 bits per heavy atom. The van der Waals surface area contributed by atoms with E-state index in [4.69, 9.17) is 27.9 Å². The van der Waals surface area contributed by atoms with Crippen molar-refractivity contribution in [2.24, 2.45) is 5.92 Å². The van der Waals surface area contributed by atoms with Crippen molar-refractivity contribution in [2.45, 2.75) is 19.8 Å². The van der Waals surface area contributed by atoms with Gasteiger partial charge in [0.25, 0.3) is 0 Å². The number of carbonyl (C=O) groups is 2. The van der Waals surface area contributed by atoms with Crippen LogP contribution in [0.2, 0.25) is 10.0 Å². The zero-order chi connectivity index (χ0) is 16.1. The van der Waals surface area contributed by atoms with Gasteiger partial charge >= 0.3 is 12.0 Å². The Kier molecular flexibility index (Phi) is 5.91. The van der Waals surface area contributed by atoms with Crippen molar-refractivity contribution in [1.82, 2.24) is 4.90 Å². The second kappa shape index (κ2) is 7.70. The van der Waals surface area contributed by atoms with E-state index in [1.165, 1.54) is 0 Å². The molecule has 1 aliphatic rings. The summed E-state index contributed by atoms with van der Waals surface area (Å²) in [6, 6.07) is 4.65. The third kappa shape index (κ3) is 4.27. The van der Waals surface area contributed by atoms with Crippen LogP contribution in [0.3, 0.4) is 0 Å². The zero-order valence-electron chi connectivity index (χ0n) is 12.3. The van der Waals surface area contributed by atoms with Gasteiger partial charge in [-0.15, -0.1) is 0 Å². The summed E-state index contributed by atoms with van der Waals surface area (Å²) in [4.78, 5) is 25.6. The third-order valence-corrected chi connectivity index (χ3v) is 4.14. The number of amides is 2. The maximum atomic E-state index is 12.2. The van der Waals surface area contributed by atoms with E-state index in [0.717, 1.165) is 0 Å². The molecule has 1 aliphatic heterocycles. The predicted octanol–water partition coefficient (Wildman–Crippen LogP) is 3.80. The van der Waals surface area contributed by atoms with Crippen LogP contribution in [0.25, 0.3) is 0 Å². The summed E-state index contributed by atoms with van der Waals surface area (Å²) < 4.78 is 5.01. The number of esters is 1. The lowest BCUT2D eigenvalue weighted by Gasteiger charge is -2.31. The second-order valence-electron chi connectivity index (χ2n) is 5.07. The number of piperidine rings is 1. The summed E-state index contributed by atoms with van der Waals surface area (Å²) in [5.41, 5.74) is 0.478. The van der Waals surface area contributed by atoms with Gasteiger partial charge in [0.15, 0.2) is 0 Å². The molecule has 0 saturated carbocycles. The molecule has 2 rings (SSSR count). The van der Waals surface area contributed by atoms with Crippen LogP contribution in [-0.2, 0) is 9.53 Å². The number of hydrogen-bond acceptors (Lipinski definition) is 3. The Bertz CT molecular complexity index is 558. The Hall–Kier alpha value is -1.46. The van der Waals surface area contributed by atoms with Gasteiger partial charge in [-0.2, -0.15) is 0 Å². The molecule has 120 valence electrons. The molecule has 5 nitrogen and oxygen atoms in total. The van der Waals surface area contributed by atoms with Gasteiger partial charge in [0.05, 0.1) is 23.2 Å². The number of benzene rings is 1. The number of halogens is 2. The van der Waals surface area contributed by atoms with Crippen molar-refractivity contribution in [1.29, 1.82) is 0 Å². The largest absolute Gasteiger partial charge is 0.466 e. The molecule has 1 aromatic carbocycles. The molecule has 0 aliphatic carbocycles. The fraction of sp³-hybridized carbons (Fsp3) is 0.467. The molecule has 1 saturated heterocycles. The first kappa shape index (κ1) is 16.9. The number of carbonyl (C=O) groups excluding carboxylic acids is 2. The number of rotatable bonds is 3. The van der Waals surface area contributed by atoms with Crippen LogP contribution in [0, 0.1) is 5.92 Å². The Balaban J connectivity index is 1.90. The van der Waals surface area contributed by atoms with Gasteiger partial charge < -0.3 is 15.0 Å². The van der Waals surface area contributed by atoms with Gasteiger partial charge in [-0.3, -0.25) is 4.79 Å². The third-order valence-electron chi connectivity index (χ3n) is 3.57. The number of ether oxygens (including phenoxy) is 1. The Morgan fingerprint density at radius 1 is 1.32 bits per heavy atom. The fourth-order valence-electron chi connectivity index (χ4n) is 2.37. The molecule has 0 radical (unpaired) electrons. The summed E-state index contributed by atoms with van der Waals surface area (Å²) in [7, 11) is 0. The molecule has 0 spiro atoms. The van der Waals surface area contributed by atoms with Crippen molar-refractivity contribution in [3.63, 3.8) is 0 Å². The van der Waals surface area contributed by atoms with Gasteiger partial charge in [0, 0.05) is 18.1 Å².